The Morgan fingerprint density at radius 3 is 1.04 bits per heavy atom. The van der Waals surface area contributed by atoms with Crippen LogP contribution in [-0.4, -0.2) is 6.01 Å². The molecule has 0 bridgehead atoms. The second kappa shape index (κ2) is 14.8. The fraction of sp³-hybridized carbons (Fsp3) is 0.392. The second-order valence-corrected chi connectivity index (χ2v) is 19.9. The minimum absolute atomic E-state index is 0. The van der Waals surface area contributed by atoms with Crippen LogP contribution in [0.5, 0.6) is 0 Å². The Hall–Kier alpha value is -3.98. The molecule has 0 radical (unpaired) electrons. The zero-order valence-corrected chi connectivity index (χ0v) is 38.4. The number of benzene rings is 5. The van der Waals surface area contributed by atoms with Gasteiger partial charge in [-0.3, -0.25) is 0 Å². The molecule has 2 heterocycles. The molecular formula is C51H62AuN3+2. The van der Waals surface area contributed by atoms with E-state index in [0.717, 1.165) is 33.8 Å². The molecule has 4 heteroatoms. The van der Waals surface area contributed by atoms with Crippen LogP contribution in [0.25, 0.3) is 21.8 Å². The summed E-state index contributed by atoms with van der Waals surface area (Å²) < 4.78 is 4.50. The van der Waals surface area contributed by atoms with E-state index in [1.54, 1.807) is 0 Å². The van der Waals surface area contributed by atoms with E-state index in [4.69, 9.17) is 4.98 Å². The van der Waals surface area contributed by atoms with Crippen LogP contribution in [0.15, 0.2) is 84.9 Å². The van der Waals surface area contributed by atoms with E-state index in [0.29, 0.717) is 0 Å². The summed E-state index contributed by atoms with van der Waals surface area (Å²) >= 11 is 0. The summed E-state index contributed by atoms with van der Waals surface area (Å²) in [5, 5.41) is 2.59. The molecule has 290 valence electrons. The van der Waals surface area contributed by atoms with Crippen molar-refractivity contribution in [2.24, 2.45) is 0 Å². The van der Waals surface area contributed by atoms with Gasteiger partial charge in [-0.15, -0.1) is 11.0 Å². The molecule has 0 saturated heterocycles. The maximum atomic E-state index is 4.80. The van der Waals surface area contributed by atoms with E-state index in [1.807, 2.05) is 0 Å². The Morgan fingerprint density at radius 1 is 0.436 bits per heavy atom. The van der Waals surface area contributed by atoms with Gasteiger partial charge in [0, 0.05) is 36.4 Å². The second-order valence-electron chi connectivity index (χ2n) is 19.9. The molecule has 0 N–H and O–H groups in total. The van der Waals surface area contributed by atoms with Crippen molar-refractivity contribution >= 4 is 50.6 Å². The number of aromatic nitrogens is 1. The predicted octanol–water partition coefficient (Wildman–Crippen LogP) is 13.9. The van der Waals surface area contributed by atoms with E-state index in [9.17, 15) is 0 Å². The fourth-order valence-corrected chi connectivity index (χ4v) is 7.40. The van der Waals surface area contributed by atoms with Crippen LogP contribution < -0.4 is 14.1 Å². The van der Waals surface area contributed by atoms with Gasteiger partial charge in [0.15, 0.2) is 0 Å². The first-order chi connectivity index (χ1) is 24.9. The Morgan fingerprint density at radius 2 is 0.745 bits per heavy atom. The first-order valence-corrected chi connectivity index (χ1v) is 19.6. The molecule has 5 aromatic carbocycles. The van der Waals surface area contributed by atoms with Crippen LogP contribution >= 0.6 is 0 Å². The van der Waals surface area contributed by atoms with Gasteiger partial charge in [0.2, 0.25) is 11.4 Å². The van der Waals surface area contributed by atoms with Crippen LogP contribution in [0.4, 0.5) is 22.7 Å². The van der Waals surface area contributed by atoms with Crippen LogP contribution in [0.2, 0.25) is 0 Å². The molecule has 1 aliphatic rings. The average molecular weight is 914 g/mol. The molecule has 0 unspecified atom stereocenters. The minimum atomic E-state index is 0. The van der Waals surface area contributed by atoms with Crippen LogP contribution in [0.1, 0.15) is 128 Å². The molecule has 0 spiro atoms. The number of aryl methyl sites for hydroxylation is 4. The topological polar surface area (TPSA) is 20.1 Å². The van der Waals surface area contributed by atoms with E-state index in [2.05, 4.69) is 211 Å². The summed E-state index contributed by atoms with van der Waals surface area (Å²) in [6, 6.07) is 35.5. The fourth-order valence-electron chi connectivity index (χ4n) is 7.40. The van der Waals surface area contributed by atoms with Crippen molar-refractivity contribution in [2.75, 3.05) is 0 Å². The first-order valence-electron chi connectivity index (χ1n) is 19.6. The Balaban J connectivity index is 0.000000268. The predicted molar refractivity (Wildman–Crippen MR) is 236 cm³/mol. The van der Waals surface area contributed by atoms with Crippen LogP contribution in [0, 0.1) is 27.7 Å². The van der Waals surface area contributed by atoms with Crippen molar-refractivity contribution in [3.63, 3.8) is 0 Å². The van der Waals surface area contributed by atoms with Crippen LogP contribution in [-0.2, 0) is 44.0 Å². The van der Waals surface area contributed by atoms with E-state index >= 15 is 0 Å². The molecule has 7 rings (SSSR count). The van der Waals surface area contributed by atoms with Gasteiger partial charge in [0.1, 0.15) is 0 Å². The molecule has 1 aliphatic heterocycles. The third kappa shape index (κ3) is 8.72. The molecule has 6 aromatic rings. The summed E-state index contributed by atoms with van der Waals surface area (Å²) in [6.07, 6.45) is 0. The van der Waals surface area contributed by atoms with Crippen molar-refractivity contribution in [3.8, 4) is 0 Å². The van der Waals surface area contributed by atoms with Crippen molar-refractivity contribution in [2.45, 2.75) is 132 Å². The van der Waals surface area contributed by atoms with Crippen molar-refractivity contribution < 1.29 is 22.4 Å². The quantitative estimate of drug-likeness (QED) is 0.125. The number of hydrogen-bond acceptors (Lipinski definition) is 0. The van der Waals surface area contributed by atoms with Gasteiger partial charge in [0.05, 0.1) is 0 Å². The number of hydrogen-bond donors (Lipinski definition) is 0. The monoisotopic (exact) mass is 913 g/mol. The Kier molecular flexibility index (Phi) is 11.4. The van der Waals surface area contributed by atoms with Gasteiger partial charge in [-0.2, -0.15) is 0 Å². The molecule has 0 saturated carbocycles. The largest absolute Gasteiger partial charge is 1.00 e. The first kappa shape index (κ1) is 42.2. The van der Waals surface area contributed by atoms with Gasteiger partial charge < -0.3 is 4.98 Å². The minimum Gasteiger partial charge on any atom is -0.656 e. The third-order valence-corrected chi connectivity index (χ3v) is 10.8. The molecule has 0 amide bonds. The van der Waals surface area contributed by atoms with Gasteiger partial charge in [-0.25, -0.2) is 0 Å². The molecule has 1 aromatic heterocycles. The number of fused-ring (bicyclic) bond motifs is 4. The van der Waals surface area contributed by atoms with Gasteiger partial charge >= 0.3 is 28.4 Å². The van der Waals surface area contributed by atoms with E-state index < -0.39 is 0 Å². The zero-order chi connectivity index (χ0) is 39.7. The Bertz CT molecular complexity index is 2260. The smallest absolute Gasteiger partial charge is 0.656 e. The molecule has 3 nitrogen and oxygen atoms in total. The van der Waals surface area contributed by atoms with E-state index in [-0.39, 0.29) is 44.0 Å². The van der Waals surface area contributed by atoms with Gasteiger partial charge in [-0.05, 0) is 91.5 Å². The maximum Gasteiger partial charge on any atom is 1.00 e. The molecule has 0 fully saturated rings. The molecule has 0 atom stereocenters. The standard InChI is InChI=1S/C35H46N2.C16H16N.Au/c1-32(2,3)24-17-25(33(4,5)6)20-28(19-24)36-23-37(31-16-14-13-15-30(31)36)29-21-26(34(7,8)9)18-27(22-29)35(10,11)12;1-9-5-11(3)15-13(7-9)14-8-10(2)6-12(4)16(14)17-15;/h13-22H,1-12H3;5-8H,1-4H3;/q+2;-1;+1. The van der Waals surface area contributed by atoms with Crippen molar-refractivity contribution in [3.05, 3.63) is 129 Å². The summed E-state index contributed by atoms with van der Waals surface area (Å²) in [5.74, 6) is 0. The maximum absolute atomic E-state index is 4.80. The summed E-state index contributed by atoms with van der Waals surface area (Å²) in [4.78, 5) is 4.80. The van der Waals surface area contributed by atoms with E-state index in [1.165, 1.54) is 55.3 Å². The molecular weight excluding hydrogens is 852 g/mol. The van der Waals surface area contributed by atoms with Gasteiger partial charge in [0.25, 0.3) is 11.4 Å². The average Bonchev–Trinajstić information content (AvgIpc) is 3.63. The summed E-state index contributed by atoms with van der Waals surface area (Å²) in [7, 11) is 0. The number of para-hydroxylation sites is 2. The third-order valence-electron chi connectivity index (χ3n) is 10.8. The van der Waals surface area contributed by atoms with Gasteiger partial charge in [-0.1, -0.05) is 154 Å². The zero-order valence-electron chi connectivity index (χ0n) is 36.2. The number of nitrogens with zero attached hydrogens (tertiary/aromatic N) is 3. The number of rotatable bonds is 2. The molecule has 55 heavy (non-hydrogen) atoms. The van der Waals surface area contributed by atoms with Crippen molar-refractivity contribution in [1.29, 1.82) is 0 Å². The SMILES string of the molecule is CC(C)(C)c1cc([N+]2=C=[N+](c3cc(C(C)(C)C)cc(C(C)(C)C)c3)c3ccccc32)cc(C(C)(C)C)c1.Cc1cc(C)c2[n-]c3c(C)cc(C)cc3c2c1.[Au+]. The molecule has 0 aliphatic carbocycles. The van der Waals surface area contributed by atoms with Crippen molar-refractivity contribution in [1.82, 2.24) is 14.1 Å². The summed E-state index contributed by atoms with van der Waals surface area (Å²) in [5.41, 5.74) is 17.7. The Labute approximate surface area is 347 Å². The van der Waals surface area contributed by atoms with Crippen LogP contribution in [0.3, 0.4) is 0 Å². The summed E-state index contributed by atoms with van der Waals surface area (Å²) in [6.45, 7) is 36.1. The normalized spacial score (nSPS) is 13.2.